The lowest BCUT2D eigenvalue weighted by Crippen LogP contribution is -2.29. The minimum atomic E-state index is -3.90. The maximum absolute atomic E-state index is 12.4. The number of esters is 1. The predicted octanol–water partition coefficient (Wildman–Crippen LogP) is 3.26. The monoisotopic (exact) mass is 496 g/mol. The Hall–Kier alpha value is -4.25. The van der Waals surface area contributed by atoms with E-state index in [4.69, 9.17) is 9.47 Å². The van der Waals surface area contributed by atoms with Crippen LogP contribution in [-0.2, 0) is 24.3 Å². The summed E-state index contributed by atoms with van der Waals surface area (Å²) >= 11 is 0. The van der Waals surface area contributed by atoms with Crippen LogP contribution in [0.2, 0.25) is 0 Å². The average molecular weight is 497 g/mol. The van der Waals surface area contributed by atoms with Crippen molar-refractivity contribution in [2.45, 2.75) is 24.8 Å². The van der Waals surface area contributed by atoms with Crippen molar-refractivity contribution in [2.24, 2.45) is 0 Å². The molecule has 11 heteroatoms. The second kappa shape index (κ2) is 11.7. The molecule has 10 nitrogen and oxygen atoms in total. The second-order valence-electron chi connectivity index (χ2n) is 7.11. The van der Waals surface area contributed by atoms with Gasteiger partial charge in [-0.15, -0.1) is 0 Å². The van der Waals surface area contributed by atoms with Gasteiger partial charge in [0.2, 0.25) is 5.95 Å². The van der Waals surface area contributed by atoms with Crippen LogP contribution < -0.4 is 14.8 Å². The standard InChI is InChI=1S/C24H24N4O6S/c1-3-33-20-10-5-18(6-11-20)7-14-22(29)34-17(2)23(30)27-19-8-12-21(13-9-19)35(31,32)28-24-25-15-4-16-26-24/h4-17H,3H2,1-2H3,(H,27,30)(H,25,26,28)/b14-7-/t17-/m0/s1. The number of nitrogens with one attached hydrogen (secondary N) is 2. The molecule has 0 fully saturated rings. The van der Waals surface area contributed by atoms with E-state index >= 15 is 0 Å². The van der Waals surface area contributed by atoms with Gasteiger partial charge >= 0.3 is 5.97 Å². The number of carbonyl (C=O) groups excluding carboxylic acids is 2. The Morgan fingerprint density at radius 3 is 2.31 bits per heavy atom. The number of ether oxygens (including phenoxy) is 2. The Morgan fingerprint density at radius 2 is 1.69 bits per heavy atom. The molecule has 0 unspecified atom stereocenters. The van der Waals surface area contributed by atoms with Gasteiger partial charge in [-0.25, -0.2) is 27.9 Å². The molecular formula is C24H24N4O6S. The topological polar surface area (TPSA) is 137 Å². The molecule has 1 aromatic heterocycles. The van der Waals surface area contributed by atoms with Gasteiger partial charge in [-0.1, -0.05) is 12.1 Å². The van der Waals surface area contributed by atoms with E-state index in [0.717, 1.165) is 11.3 Å². The summed E-state index contributed by atoms with van der Waals surface area (Å²) in [4.78, 5) is 32.0. The van der Waals surface area contributed by atoms with E-state index in [-0.39, 0.29) is 10.8 Å². The quantitative estimate of drug-likeness (QED) is 0.322. The van der Waals surface area contributed by atoms with Gasteiger partial charge in [0.15, 0.2) is 6.10 Å². The third-order valence-corrected chi connectivity index (χ3v) is 5.83. The van der Waals surface area contributed by atoms with Crippen LogP contribution in [0.3, 0.4) is 0 Å². The summed E-state index contributed by atoms with van der Waals surface area (Å²) in [7, 11) is -3.90. The molecule has 0 spiro atoms. The highest BCUT2D eigenvalue weighted by atomic mass is 32.2. The van der Waals surface area contributed by atoms with Crippen LogP contribution in [0.5, 0.6) is 5.75 Å². The van der Waals surface area contributed by atoms with Crippen LogP contribution in [-0.4, -0.2) is 43.0 Å². The molecule has 1 heterocycles. The van der Waals surface area contributed by atoms with Crippen LogP contribution in [0.1, 0.15) is 19.4 Å². The van der Waals surface area contributed by atoms with Gasteiger partial charge in [-0.2, -0.15) is 0 Å². The van der Waals surface area contributed by atoms with Gasteiger partial charge in [-0.3, -0.25) is 4.79 Å². The third-order valence-electron chi connectivity index (χ3n) is 4.49. The number of amides is 1. The normalized spacial score (nSPS) is 12.1. The lowest BCUT2D eigenvalue weighted by molar-refractivity contribution is -0.148. The van der Waals surface area contributed by atoms with Crippen LogP contribution in [0.25, 0.3) is 6.08 Å². The number of aromatic nitrogens is 2. The number of rotatable bonds is 10. The number of carbonyl (C=O) groups is 2. The maximum Gasteiger partial charge on any atom is 0.331 e. The van der Waals surface area contributed by atoms with Gasteiger partial charge in [0.1, 0.15) is 5.75 Å². The molecule has 0 radical (unpaired) electrons. The zero-order chi connectivity index (χ0) is 25.3. The van der Waals surface area contributed by atoms with Gasteiger partial charge in [0, 0.05) is 24.2 Å². The van der Waals surface area contributed by atoms with Crippen molar-refractivity contribution in [3.63, 3.8) is 0 Å². The second-order valence-corrected chi connectivity index (χ2v) is 8.79. The van der Waals surface area contributed by atoms with Gasteiger partial charge in [-0.05, 0) is 68.0 Å². The third kappa shape index (κ3) is 7.64. The molecule has 0 saturated carbocycles. The van der Waals surface area contributed by atoms with Crippen LogP contribution >= 0.6 is 0 Å². The maximum atomic E-state index is 12.4. The average Bonchev–Trinajstić information content (AvgIpc) is 2.84. The Bertz CT molecular complexity index is 1280. The highest BCUT2D eigenvalue weighted by molar-refractivity contribution is 7.92. The largest absolute Gasteiger partial charge is 0.494 e. The summed E-state index contributed by atoms with van der Waals surface area (Å²) < 4.78 is 37.6. The summed E-state index contributed by atoms with van der Waals surface area (Å²) in [6, 6.07) is 14.2. The number of hydrogen-bond acceptors (Lipinski definition) is 8. The van der Waals surface area contributed by atoms with Crippen molar-refractivity contribution in [3.05, 3.63) is 78.6 Å². The van der Waals surface area contributed by atoms with Crippen molar-refractivity contribution >= 4 is 39.6 Å². The zero-order valence-electron chi connectivity index (χ0n) is 19.0. The van der Waals surface area contributed by atoms with E-state index in [1.54, 1.807) is 36.4 Å². The summed E-state index contributed by atoms with van der Waals surface area (Å²) in [5, 5.41) is 2.57. The molecule has 0 aliphatic rings. The fourth-order valence-electron chi connectivity index (χ4n) is 2.77. The van der Waals surface area contributed by atoms with Crippen molar-refractivity contribution in [3.8, 4) is 5.75 Å². The van der Waals surface area contributed by atoms with Crippen LogP contribution in [0.4, 0.5) is 11.6 Å². The molecule has 0 aliphatic carbocycles. The van der Waals surface area contributed by atoms with Gasteiger partial charge < -0.3 is 14.8 Å². The molecule has 2 N–H and O–H groups in total. The summed E-state index contributed by atoms with van der Waals surface area (Å²) in [6.45, 7) is 3.88. The predicted molar refractivity (Wildman–Crippen MR) is 130 cm³/mol. The highest BCUT2D eigenvalue weighted by Crippen LogP contribution is 2.17. The van der Waals surface area contributed by atoms with Crippen molar-refractivity contribution in [1.82, 2.24) is 9.97 Å². The van der Waals surface area contributed by atoms with E-state index in [1.165, 1.54) is 49.7 Å². The van der Waals surface area contributed by atoms with E-state index in [0.29, 0.717) is 12.3 Å². The Labute approximate surface area is 203 Å². The molecule has 0 saturated heterocycles. The zero-order valence-corrected chi connectivity index (χ0v) is 19.9. The van der Waals surface area contributed by atoms with E-state index in [9.17, 15) is 18.0 Å². The summed E-state index contributed by atoms with van der Waals surface area (Å²) in [6.07, 6.45) is 4.53. The SMILES string of the molecule is CCOc1ccc(/C=C\C(=O)O[C@@H](C)C(=O)Nc2ccc(S(=O)(=O)Nc3ncccn3)cc2)cc1. The lowest BCUT2D eigenvalue weighted by atomic mass is 10.2. The first-order chi connectivity index (χ1) is 16.8. The molecule has 35 heavy (non-hydrogen) atoms. The Balaban J connectivity index is 1.52. The number of nitrogens with zero attached hydrogens (tertiary/aromatic N) is 2. The first-order valence-corrected chi connectivity index (χ1v) is 12.1. The van der Waals surface area contributed by atoms with Crippen LogP contribution in [0.15, 0.2) is 78.0 Å². The fourth-order valence-corrected chi connectivity index (χ4v) is 3.72. The molecule has 0 bridgehead atoms. The molecule has 0 aliphatic heterocycles. The fraction of sp³-hybridized carbons (Fsp3) is 0.167. The molecule has 182 valence electrons. The van der Waals surface area contributed by atoms with E-state index in [1.807, 2.05) is 6.92 Å². The first kappa shape index (κ1) is 25.4. The number of sulfonamides is 1. The Kier molecular flexibility index (Phi) is 8.52. The molecule has 1 amide bonds. The van der Waals surface area contributed by atoms with Crippen molar-refractivity contribution < 1.29 is 27.5 Å². The molecule has 2 aromatic carbocycles. The number of hydrogen-bond donors (Lipinski definition) is 2. The van der Waals surface area contributed by atoms with Gasteiger partial charge in [0.05, 0.1) is 11.5 Å². The molecule has 3 rings (SSSR count). The minimum absolute atomic E-state index is 0.0399. The molecular weight excluding hydrogens is 472 g/mol. The Morgan fingerprint density at radius 1 is 1.03 bits per heavy atom. The molecule has 1 atom stereocenters. The lowest BCUT2D eigenvalue weighted by Gasteiger charge is -2.13. The smallest absolute Gasteiger partial charge is 0.331 e. The van der Waals surface area contributed by atoms with E-state index in [2.05, 4.69) is 20.0 Å². The van der Waals surface area contributed by atoms with Crippen LogP contribution in [0, 0.1) is 0 Å². The summed E-state index contributed by atoms with van der Waals surface area (Å²) in [5.41, 5.74) is 1.10. The van der Waals surface area contributed by atoms with Crippen molar-refractivity contribution in [2.75, 3.05) is 16.6 Å². The number of benzene rings is 2. The van der Waals surface area contributed by atoms with E-state index < -0.39 is 28.0 Å². The summed E-state index contributed by atoms with van der Waals surface area (Å²) in [5.74, 6) is -0.585. The molecule has 3 aromatic rings. The first-order valence-electron chi connectivity index (χ1n) is 10.6. The van der Waals surface area contributed by atoms with Gasteiger partial charge in [0.25, 0.3) is 15.9 Å². The highest BCUT2D eigenvalue weighted by Gasteiger charge is 2.18. The number of anilines is 2. The van der Waals surface area contributed by atoms with Crippen molar-refractivity contribution in [1.29, 1.82) is 0 Å². The minimum Gasteiger partial charge on any atom is -0.494 e.